The molecule has 3 heteroatoms. The van der Waals surface area contributed by atoms with Gasteiger partial charge in [0.05, 0.1) is 0 Å². The molecule has 0 bridgehead atoms. The van der Waals surface area contributed by atoms with Gasteiger partial charge in [-0.15, -0.1) is 12.4 Å². The summed E-state index contributed by atoms with van der Waals surface area (Å²) in [6.07, 6.45) is 0. The van der Waals surface area contributed by atoms with Crippen LogP contribution in [0, 0.1) is 13.8 Å². The SMILES string of the molecule is Cc1cc(-c2ccc(N)c(C)c2)ccc1N.Cl. The summed E-state index contributed by atoms with van der Waals surface area (Å²) in [6.45, 7) is 4.03. The van der Waals surface area contributed by atoms with Gasteiger partial charge in [0.2, 0.25) is 0 Å². The highest BCUT2D eigenvalue weighted by Crippen LogP contribution is 2.25. The molecule has 2 rings (SSSR count). The number of benzene rings is 2. The van der Waals surface area contributed by atoms with E-state index in [1.165, 1.54) is 11.1 Å². The topological polar surface area (TPSA) is 52.0 Å². The molecule has 0 heterocycles. The summed E-state index contributed by atoms with van der Waals surface area (Å²) in [5, 5.41) is 0. The number of nitrogens with two attached hydrogens (primary N) is 2. The first-order chi connectivity index (χ1) is 7.58. The van der Waals surface area contributed by atoms with Gasteiger partial charge < -0.3 is 11.5 Å². The lowest BCUT2D eigenvalue weighted by molar-refractivity contribution is 1.44. The molecule has 0 saturated carbocycles. The lowest BCUT2D eigenvalue weighted by atomic mass is 10.0. The van der Waals surface area contributed by atoms with E-state index in [0.29, 0.717) is 0 Å². The molecular weight excluding hydrogens is 232 g/mol. The zero-order valence-electron chi connectivity index (χ0n) is 10.0. The van der Waals surface area contributed by atoms with Crippen molar-refractivity contribution in [1.82, 2.24) is 0 Å². The van der Waals surface area contributed by atoms with Crippen LogP contribution in [0.5, 0.6) is 0 Å². The predicted molar refractivity (Wildman–Crippen MR) is 77.4 cm³/mol. The summed E-state index contributed by atoms with van der Waals surface area (Å²) in [7, 11) is 0. The first kappa shape index (κ1) is 13.4. The van der Waals surface area contributed by atoms with Crippen LogP contribution in [-0.2, 0) is 0 Å². The van der Waals surface area contributed by atoms with E-state index in [4.69, 9.17) is 11.5 Å². The average molecular weight is 249 g/mol. The van der Waals surface area contributed by atoms with Crippen LogP contribution in [0.2, 0.25) is 0 Å². The molecule has 17 heavy (non-hydrogen) atoms. The fourth-order valence-electron chi connectivity index (χ4n) is 1.71. The summed E-state index contributed by atoms with van der Waals surface area (Å²) < 4.78 is 0. The smallest absolute Gasteiger partial charge is 0.0344 e. The second kappa shape index (κ2) is 5.11. The van der Waals surface area contributed by atoms with Crippen molar-refractivity contribution >= 4 is 23.8 Å². The number of hydrogen-bond acceptors (Lipinski definition) is 2. The van der Waals surface area contributed by atoms with E-state index in [1.54, 1.807) is 0 Å². The highest BCUT2D eigenvalue weighted by Gasteiger charge is 2.01. The third-order valence-electron chi connectivity index (χ3n) is 2.87. The van der Waals surface area contributed by atoms with E-state index in [0.717, 1.165) is 22.5 Å². The molecule has 2 aromatic carbocycles. The molecule has 0 aromatic heterocycles. The largest absolute Gasteiger partial charge is 0.399 e. The molecule has 90 valence electrons. The molecular formula is C14H17ClN2. The van der Waals surface area contributed by atoms with Gasteiger partial charge in [0, 0.05) is 11.4 Å². The quantitative estimate of drug-likeness (QED) is 0.759. The van der Waals surface area contributed by atoms with Crippen LogP contribution in [0.15, 0.2) is 36.4 Å². The van der Waals surface area contributed by atoms with Gasteiger partial charge >= 0.3 is 0 Å². The van der Waals surface area contributed by atoms with Gasteiger partial charge in [-0.25, -0.2) is 0 Å². The molecule has 0 atom stereocenters. The Labute approximate surface area is 108 Å². The maximum Gasteiger partial charge on any atom is 0.0344 e. The Bertz CT molecular complexity index is 486. The Balaban J connectivity index is 0.00000144. The fourth-order valence-corrected chi connectivity index (χ4v) is 1.71. The van der Waals surface area contributed by atoms with Crippen molar-refractivity contribution in [2.45, 2.75) is 13.8 Å². The number of aryl methyl sites for hydroxylation is 2. The van der Waals surface area contributed by atoms with Gasteiger partial charge in [-0.3, -0.25) is 0 Å². The predicted octanol–water partition coefficient (Wildman–Crippen LogP) is 3.56. The minimum atomic E-state index is 0. The fraction of sp³-hybridized carbons (Fsp3) is 0.143. The zero-order valence-corrected chi connectivity index (χ0v) is 10.8. The van der Waals surface area contributed by atoms with Crippen molar-refractivity contribution in [2.75, 3.05) is 11.5 Å². The highest BCUT2D eigenvalue weighted by atomic mass is 35.5. The molecule has 0 aliphatic rings. The van der Waals surface area contributed by atoms with E-state index in [1.807, 2.05) is 38.1 Å². The van der Waals surface area contributed by atoms with Crippen molar-refractivity contribution in [3.05, 3.63) is 47.5 Å². The van der Waals surface area contributed by atoms with Gasteiger partial charge in [0.1, 0.15) is 0 Å². The number of rotatable bonds is 1. The standard InChI is InChI=1S/C14H16N2.ClH/c1-9-7-11(3-5-13(9)15)12-4-6-14(16)10(2)8-12;/h3-8H,15-16H2,1-2H3;1H. The molecule has 0 aliphatic heterocycles. The minimum absolute atomic E-state index is 0. The maximum atomic E-state index is 5.80. The molecule has 4 N–H and O–H groups in total. The Hall–Kier alpha value is -1.67. The minimum Gasteiger partial charge on any atom is -0.399 e. The Morgan fingerprint density at radius 2 is 1.06 bits per heavy atom. The van der Waals surface area contributed by atoms with Gasteiger partial charge in [-0.1, -0.05) is 12.1 Å². The summed E-state index contributed by atoms with van der Waals surface area (Å²) in [5.74, 6) is 0. The molecule has 0 spiro atoms. The third-order valence-corrected chi connectivity index (χ3v) is 2.87. The van der Waals surface area contributed by atoms with Crippen LogP contribution < -0.4 is 11.5 Å². The Kier molecular flexibility index (Phi) is 4.02. The second-order valence-electron chi connectivity index (χ2n) is 4.14. The number of nitrogen functional groups attached to an aromatic ring is 2. The summed E-state index contributed by atoms with van der Waals surface area (Å²) >= 11 is 0. The van der Waals surface area contributed by atoms with E-state index in [2.05, 4.69) is 12.1 Å². The average Bonchev–Trinajstić information content (AvgIpc) is 2.26. The monoisotopic (exact) mass is 248 g/mol. The molecule has 0 radical (unpaired) electrons. The molecule has 0 aliphatic carbocycles. The van der Waals surface area contributed by atoms with Crippen LogP contribution in [0.1, 0.15) is 11.1 Å². The lowest BCUT2D eigenvalue weighted by Crippen LogP contribution is -1.91. The second-order valence-corrected chi connectivity index (χ2v) is 4.14. The van der Waals surface area contributed by atoms with E-state index in [9.17, 15) is 0 Å². The van der Waals surface area contributed by atoms with Gasteiger partial charge in [-0.2, -0.15) is 0 Å². The van der Waals surface area contributed by atoms with Crippen LogP contribution in [0.25, 0.3) is 11.1 Å². The zero-order chi connectivity index (χ0) is 11.7. The molecule has 0 amide bonds. The van der Waals surface area contributed by atoms with Crippen LogP contribution in [0.4, 0.5) is 11.4 Å². The van der Waals surface area contributed by atoms with Gasteiger partial charge in [0.15, 0.2) is 0 Å². The van der Waals surface area contributed by atoms with E-state index >= 15 is 0 Å². The van der Waals surface area contributed by atoms with Crippen molar-refractivity contribution in [2.24, 2.45) is 0 Å². The third kappa shape index (κ3) is 2.71. The number of anilines is 2. The lowest BCUT2D eigenvalue weighted by Gasteiger charge is -2.07. The first-order valence-corrected chi connectivity index (χ1v) is 5.30. The summed E-state index contributed by atoms with van der Waals surface area (Å²) in [4.78, 5) is 0. The highest BCUT2D eigenvalue weighted by molar-refractivity contribution is 5.85. The van der Waals surface area contributed by atoms with Gasteiger partial charge in [0.25, 0.3) is 0 Å². The van der Waals surface area contributed by atoms with Crippen molar-refractivity contribution in [3.63, 3.8) is 0 Å². The summed E-state index contributed by atoms with van der Waals surface area (Å²) in [5.41, 5.74) is 17.8. The maximum absolute atomic E-state index is 5.80. The molecule has 2 aromatic rings. The Morgan fingerprint density at radius 3 is 1.35 bits per heavy atom. The van der Waals surface area contributed by atoms with Crippen LogP contribution >= 0.6 is 12.4 Å². The van der Waals surface area contributed by atoms with Crippen molar-refractivity contribution in [1.29, 1.82) is 0 Å². The first-order valence-electron chi connectivity index (χ1n) is 5.30. The number of halogens is 1. The van der Waals surface area contributed by atoms with E-state index < -0.39 is 0 Å². The molecule has 0 fully saturated rings. The summed E-state index contributed by atoms with van der Waals surface area (Å²) in [6, 6.07) is 12.1. The Morgan fingerprint density at radius 1 is 0.706 bits per heavy atom. The number of hydrogen-bond donors (Lipinski definition) is 2. The van der Waals surface area contributed by atoms with E-state index in [-0.39, 0.29) is 12.4 Å². The normalized spacial score (nSPS) is 9.76. The molecule has 0 unspecified atom stereocenters. The van der Waals surface area contributed by atoms with Gasteiger partial charge in [-0.05, 0) is 60.4 Å². The van der Waals surface area contributed by atoms with Crippen molar-refractivity contribution in [3.8, 4) is 11.1 Å². The molecule has 0 saturated heterocycles. The van der Waals surface area contributed by atoms with Crippen molar-refractivity contribution < 1.29 is 0 Å². The van der Waals surface area contributed by atoms with Crippen LogP contribution in [0.3, 0.4) is 0 Å². The van der Waals surface area contributed by atoms with Crippen LogP contribution in [-0.4, -0.2) is 0 Å². The molecule has 2 nitrogen and oxygen atoms in total.